The van der Waals surface area contributed by atoms with Gasteiger partial charge in [0, 0.05) is 17.7 Å². The van der Waals surface area contributed by atoms with Gasteiger partial charge in [0.2, 0.25) is 0 Å². The molecule has 0 saturated carbocycles. The van der Waals surface area contributed by atoms with Gasteiger partial charge in [-0.25, -0.2) is 0 Å². The molecule has 16 heavy (non-hydrogen) atoms. The van der Waals surface area contributed by atoms with Crippen molar-refractivity contribution >= 4 is 27.6 Å². The van der Waals surface area contributed by atoms with Gasteiger partial charge in [-0.2, -0.15) is 0 Å². The Morgan fingerprint density at radius 3 is 2.75 bits per heavy atom. The number of methoxy groups -OCH3 is 1. The summed E-state index contributed by atoms with van der Waals surface area (Å²) in [6.07, 6.45) is 0. The Balaban J connectivity index is 3.16. The van der Waals surface area contributed by atoms with Gasteiger partial charge in [0.15, 0.2) is 0 Å². The highest BCUT2D eigenvalue weighted by atomic mass is 79.9. The molecule has 1 N–H and O–H groups in total. The molecule has 6 nitrogen and oxygen atoms in total. The van der Waals surface area contributed by atoms with Crippen molar-refractivity contribution in [1.29, 1.82) is 0 Å². The van der Waals surface area contributed by atoms with Gasteiger partial charge < -0.3 is 9.84 Å². The SMILES string of the molecule is COC(=O)C(Br)c1cc([N+](=O)[O-])ccc1O. The van der Waals surface area contributed by atoms with E-state index in [9.17, 15) is 20.0 Å². The molecule has 1 rings (SSSR count). The number of ether oxygens (including phenoxy) is 1. The van der Waals surface area contributed by atoms with Crippen molar-refractivity contribution in [2.45, 2.75) is 4.83 Å². The number of carbonyl (C=O) groups is 1. The van der Waals surface area contributed by atoms with E-state index in [0.29, 0.717) is 0 Å². The molecule has 7 heteroatoms. The van der Waals surface area contributed by atoms with Crippen LogP contribution in [-0.4, -0.2) is 23.1 Å². The number of halogens is 1. The molecule has 86 valence electrons. The number of esters is 1. The Kier molecular flexibility index (Phi) is 3.83. The lowest BCUT2D eigenvalue weighted by molar-refractivity contribution is -0.384. The largest absolute Gasteiger partial charge is 0.508 e. The molecule has 0 spiro atoms. The van der Waals surface area contributed by atoms with Crippen molar-refractivity contribution in [3.05, 3.63) is 33.9 Å². The Labute approximate surface area is 99.1 Å². The van der Waals surface area contributed by atoms with E-state index in [2.05, 4.69) is 20.7 Å². The van der Waals surface area contributed by atoms with Crippen molar-refractivity contribution < 1.29 is 19.6 Å². The van der Waals surface area contributed by atoms with Crippen LogP contribution >= 0.6 is 15.9 Å². The zero-order valence-electron chi connectivity index (χ0n) is 8.21. The topological polar surface area (TPSA) is 89.7 Å². The number of hydrogen-bond donors (Lipinski definition) is 1. The van der Waals surface area contributed by atoms with Gasteiger partial charge in [0.05, 0.1) is 12.0 Å². The highest BCUT2D eigenvalue weighted by Gasteiger charge is 2.23. The number of phenols is 1. The van der Waals surface area contributed by atoms with E-state index in [1.807, 2.05) is 0 Å². The maximum Gasteiger partial charge on any atom is 0.324 e. The summed E-state index contributed by atoms with van der Waals surface area (Å²) in [5.74, 6) is -0.853. The number of non-ortho nitro benzene ring substituents is 1. The molecular weight excluding hydrogens is 282 g/mol. The third-order valence-corrected chi connectivity index (χ3v) is 2.77. The van der Waals surface area contributed by atoms with Gasteiger partial charge in [-0.05, 0) is 6.07 Å². The predicted octanol–water partition coefficient (Wildman–Crippen LogP) is 1.91. The fourth-order valence-corrected chi connectivity index (χ4v) is 1.64. The van der Waals surface area contributed by atoms with Gasteiger partial charge in [-0.15, -0.1) is 0 Å². The number of nitro benzene ring substituents is 1. The van der Waals surface area contributed by atoms with E-state index in [-0.39, 0.29) is 17.0 Å². The highest BCUT2D eigenvalue weighted by Crippen LogP contribution is 2.33. The van der Waals surface area contributed by atoms with Crippen LogP contribution in [-0.2, 0) is 9.53 Å². The minimum atomic E-state index is -0.933. The van der Waals surface area contributed by atoms with Gasteiger partial charge >= 0.3 is 5.97 Å². The number of benzene rings is 1. The van der Waals surface area contributed by atoms with Gasteiger partial charge in [0.25, 0.3) is 5.69 Å². The lowest BCUT2D eigenvalue weighted by Gasteiger charge is -2.09. The molecule has 0 aliphatic heterocycles. The number of nitrogens with zero attached hydrogens (tertiary/aromatic N) is 1. The maximum absolute atomic E-state index is 11.2. The van der Waals surface area contributed by atoms with Crippen molar-refractivity contribution in [3.63, 3.8) is 0 Å². The predicted molar refractivity (Wildman–Crippen MR) is 58.4 cm³/mol. The van der Waals surface area contributed by atoms with Crippen LogP contribution in [0.15, 0.2) is 18.2 Å². The highest BCUT2D eigenvalue weighted by molar-refractivity contribution is 9.09. The Morgan fingerprint density at radius 1 is 1.62 bits per heavy atom. The van der Waals surface area contributed by atoms with E-state index in [4.69, 9.17) is 0 Å². The zero-order chi connectivity index (χ0) is 12.3. The smallest absolute Gasteiger partial charge is 0.324 e. The number of hydrogen-bond acceptors (Lipinski definition) is 5. The molecule has 0 bridgehead atoms. The fraction of sp³-hybridized carbons (Fsp3) is 0.222. The average Bonchev–Trinajstić information content (AvgIpc) is 2.27. The number of phenolic OH excluding ortho intramolecular Hbond substituents is 1. The van der Waals surface area contributed by atoms with E-state index < -0.39 is 15.7 Å². The molecule has 0 amide bonds. The molecule has 0 aromatic heterocycles. The van der Waals surface area contributed by atoms with Crippen LogP contribution in [0.1, 0.15) is 10.4 Å². The van der Waals surface area contributed by atoms with Gasteiger partial charge in [-0.1, -0.05) is 15.9 Å². The molecule has 1 aromatic carbocycles. The first-order chi connectivity index (χ1) is 7.47. The summed E-state index contributed by atoms with van der Waals surface area (Å²) in [7, 11) is 1.19. The first-order valence-electron chi connectivity index (χ1n) is 4.16. The summed E-state index contributed by atoms with van der Waals surface area (Å²) in [5, 5.41) is 20.0. The van der Waals surface area contributed by atoms with E-state index in [0.717, 1.165) is 18.2 Å². The molecule has 0 radical (unpaired) electrons. The third kappa shape index (κ3) is 2.48. The Hall–Kier alpha value is -1.63. The van der Waals surface area contributed by atoms with Crippen LogP contribution in [0.4, 0.5) is 5.69 Å². The normalized spacial score (nSPS) is 11.9. The lowest BCUT2D eigenvalue weighted by atomic mass is 10.1. The molecule has 1 atom stereocenters. The summed E-state index contributed by atoms with van der Waals surface area (Å²) in [6.45, 7) is 0. The molecule has 1 aromatic rings. The maximum atomic E-state index is 11.2. The van der Waals surface area contributed by atoms with Crippen LogP contribution in [0.25, 0.3) is 0 Å². The molecule has 0 fully saturated rings. The van der Waals surface area contributed by atoms with Gasteiger partial charge in [0.1, 0.15) is 10.6 Å². The quantitative estimate of drug-likeness (QED) is 0.397. The second-order valence-corrected chi connectivity index (χ2v) is 3.80. The zero-order valence-corrected chi connectivity index (χ0v) is 9.80. The van der Waals surface area contributed by atoms with Crippen LogP contribution in [0.3, 0.4) is 0 Å². The van der Waals surface area contributed by atoms with Crippen molar-refractivity contribution in [2.75, 3.05) is 7.11 Å². The molecule has 1 unspecified atom stereocenters. The Bertz CT molecular complexity index is 434. The molecule has 0 aliphatic rings. The first-order valence-corrected chi connectivity index (χ1v) is 5.08. The standard InChI is InChI=1S/C9H8BrNO5/c1-16-9(13)8(10)6-4-5(11(14)15)2-3-7(6)12/h2-4,8,12H,1H3. The number of rotatable bonds is 3. The average molecular weight is 290 g/mol. The van der Waals surface area contributed by atoms with Crippen LogP contribution in [0.5, 0.6) is 5.75 Å². The number of nitro groups is 1. The third-order valence-electron chi connectivity index (χ3n) is 1.90. The summed E-state index contributed by atoms with van der Waals surface area (Å²) >= 11 is 2.99. The number of carbonyl (C=O) groups excluding carboxylic acids is 1. The molecule has 0 aliphatic carbocycles. The summed E-state index contributed by atoms with van der Waals surface area (Å²) in [6, 6.07) is 3.42. The van der Waals surface area contributed by atoms with Crippen LogP contribution < -0.4 is 0 Å². The lowest BCUT2D eigenvalue weighted by Crippen LogP contribution is -2.08. The van der Waals surface area contributed by atoms with Crippen LogP contribution in [0, 0.1) is 10.1 Å². The summed E-state index contributed by atoms with van der Waals surface area (Å²) in [4.78, 5) is 20.2. The van der Waals surface area contributed by atoms with Gasteiger partial charge in [-0.3, -0.25) is 14.9 Å². The minimum Gasteiger partial charge on any atom is -0.508 e. The minimum absolute atomic E-state index is 0.0982. The summed E-state index contributed by atoms with van der Waals surface area (Å²) < 4.78 is 4.45. The molecule has 0 heterocycles. The van der Waals surface area contributed by atoms with Crippen molar-refractivity contribution in [1.82, 2.24) is 0 Å². The van der Waals surface area contributed by atoms with E-state index in [1.165, 1.54) is 7.11 Å². The monoisotopic (exact) mass is 289 g/mol. The second-order valence-electron chi connectivity index (χ2n) is 2.89. The fourth-order valence-electron chi connectivity index (χ4n) is 1.09. The summed E-state index contributed by atoms with van der Waals surface area (Å²) in [5.41, 5.74) is -0.109. The molecule has 0 saturated heterocycles. The van der Waals surface area contributed by atoms with Crippen molar-refractivity contribution in [2.24, 2.45) is 0 Å². The van der Waals surface area contributed by atoms with Crippen molar-refractivity contribution in [3.8, 4) is 5.75 Å². The van der Waals surface area contributed by atoms with E-state index in [1.54, 1.807) is 0 Å². The van der Waals surface area contributed by atoms with E-state index >= 15 is 0 Å². The van der Waals surface area contributed by atoms with Crippen LogP contribution in [0.2, 0.25) is 0 Å². The molecular formula is C9H8BrNO5. The Morgan fingerprint density at radius 2 is 2.25 bits per heavy atom. The number of aromatic hydroxyl groups is 1. The second kappa shape index (κ2) is 4.93. The number of alkyl halides is 1. The first kappa shape index (κ1) is 12.4.